The number of fused-ring (bicyclic) bond motifs is 1. The molecule has 5 nitrogen and oxygen atoms in total. The second kappa shape index (κ2) is 7.38. The zero-order valence-electron chi connectivity index (χ0n) is 14.7. The number of halogens is 1. The molecule has 0 aliphatic carbocycles. The Hall–Kier alpha value is -2.53. The molecule has 2 amide bonds. The molecule has 2 N–H and O–H groups in total. The Labute approximate surface area is 157 Å². The number of anilines is 1. The number of rotatable bonds is 3. The van der Waals surface area contributed by atoms with Crippen LogP contribution in [0.4, 0.5) is 10.5 Å². The molecule has 6 heteroatoms. The van der Waals surface area contributed by atoms with Crippen molar-refractivity contribution in [2.45, 2.75) is 38.2 Å². The SMILES string of the molecule is CC(=O)N1c2ccc(-c3ccc(CCl)cc3)cc2C(NC(=O)O)CC1C. The Morgan fingerprint density at radius 1 is 1.19 bits per heavy atom. The minimum Gasteiger partial charge on any atom is -0.465 e. The summed E-state index contributed by atoms with van der Waals surface area (Å²) >= 11 is 5.85. The molecule has 2 aromatic rings. The summed E-state index contributed by atoms with van der Waals surface area (Å²) < 4.78 is 0. The molecule has 1 aliphatic heterocycles. The molecular weight excluding hydrogens is 352 g/mol. The van der Waals surface area contributed by atoms with Gasteiger partial charge < -0.3 is 15.3 Å². The topological polar surface area (TPSA) is 69.6 Å². The molecule has 2 aromatic carbocycles. The van der Waals surface area contributed by atoms with Crippen LogP contribution in [-0.2, 0) is 10.7 Å². The zero-order chi connectivity index (χ0) is 18.8. The lowest BCUT2D eigenvalue weighted by Gasteiger charge is -2.39. The summed E-state index contributed by atoms with van der Waals surface area (Å²) in [6, 6.07) is 13.3. The van der Waals surface area contributed by atoms with Gasteiger partial charge in [0.15, 0.2) is 0 Å². The normalized spacial score (nSPS) is 19.0. The first-order valence-electron chi connectivity index (χ1n) is 8.49. The van der Waals surface area contributed by atoms with Crippen molar-refractivity contribution in [3.63, 3.8) is 0 Å². The predicted molar refractivity (Wildman–Crippen MR) is 103 cm³/mol. The fourth-order valence-corrected chi connectivity index (χ4v) is 3.77. The zero-order valence-corrected chi connectivity index (χ0v) is 15.5. The summed E-state index contributed by atoms with van der Waals surface area (Å²) in [6.07, 6.45) is -0.533. The lowest BCUT2D eigenvalue weighted by Crippen LogP contribution is -2.45. The maximum Gasteiger partial charge on any atom is 0.405 e. The van der Waals surface area contributed by atoms with Crippen LogP contribution in [0.25, 0.3) is 11.1 Å². The van der Waals surface area contributed by atoms with E-state index in [4.69, 9.17) is 11.6 Å². The van der Waals surface area contributed by atoms with Crippen LogP contribution in [0.1, 0.15) is 37.4 Å². The molecule has 0 radical (unpaired) electrons. The van der Waals surface area contributed by atoms with Crippen LogP contribution in [0, 0.1) is 0 Å². The van der Waals surface area contributed by atoms with Crippen molar-refractivity contribution in [3.05, 3.63) is 53.6 Å². The van der Waals surface area contributed by atoms with Gasteiger partial charge in [0.05, 0.1) is 6.04 Å². The van der Waals surface area contributed by atoms with Gasteiger partial charge in [0.25, 0.3) is 0 Å². The standard InChI is InChI=1S/C20H21ClN2O3/c1-12-9-18(22-20(25)26)17-10-16(7-8-19(17)23(12)13(2)24)15-5-3-14(11-21)4-6-15/h3-8,10,12,18,22H,9,11H2,1-2H3,(H,25,26). The van der Waals surface area contributed by atoms with Crippen molar-refractivity contribution in [1.29, 1.82) is 0 Å². The van der Waals surface area contributed by atoms with Gasteiger partial charge in [-0.3, -0.25) is 4.79 Å². The number of carbonyl (C=O) groups is 2. The lowest BCUT2D eigenvalue weighted by atomic mass is 9.89. The molecule has 1 heterocycles. The van der Waals surface area contributed by atoms with Crippen molar-refractivity contribution in [2.75, 3.05) is 4.90 Å². The maximum atomic E-state index is 12.1. The van der Waals surface area contributed by atoms with E-state index in [0.29, 0.717) is 12.3 Å². The van der Waals surface area contributed by atoms with E-state index in [0.717, 1.165) is 27.9 Å². The fourth-order valence-electron chi connectivity index (χ4n) is 3.60. The molecule has 0 aromatic heterocycles. The number of nitrogens with zero attached hydrogens (tertiary/aromatic N) is 1. The van der Waals surface area contributed by atoms with Gasteiger partial charge in [0.1, 0.15) is 0 Å². The van der Waals surface area contributed by atoms with Gasteiger partial charge in [-0.2, -0.15) is 0 Å². The summed E-state index contributed by atoms with van der Waals surface area (Å²) in [6.45, 7) is 3.46. The third kappa shape index (κ3) is 3.53. The van der Waals surface area contributed by atoms with Crippen LogP contribution in [0.5, 0.6) is 0 Å². The number of hydrogen-bond donors (Lipinski definition) is 2. The number of amides is 2. The Bertz CT molecular complexity index is 835. The van der Waals surface area contributed by atoms with E-state index in [-0.39, 0.29) is 18.0 Å². The van der Waals surface area contributed by atoms with Crippen LogP contribution in [-0.4, -0.2) is 23.1 Å². The monoisotopic (exact) mass is 372 g/mol. The Balaban J connectivity index is 2.07. The molecule has 136 valence electrons. The van der Waals surface area contributed by atoms with Crippen LogP contribution < -0.4 is 10.2 Å². The highest BCUT2D eigenvalue weighted by Crippen LogP contribution is 2.39. The maximum absolute atomic E-state index is 12.1. The van der Waals surface area contributed by atoms with Crippen molar-refractivity contribution in [2.24, 2.45) is 0 Å². The number of nitrogens with one attached hydrogen (secondary N) is 1. The highest BCUT2D eigenvalue weighted by Gasteiger charge is 2.33. The molecule has 0 spiro atoms. The van der Waals surface area contributed by atoms with Gasteiger partial charge in [-0.05, 0) is 47.7 Å². The summed E-state index contributed by atoms with van der Waals surface area (Å²) in [5, 5.41) is 11.8. The molecule has 3 rings (SSSR count). The quantitative estimate of drug-likeness (QED) is 0.777. The summed E-state index contributed by atoms with van der Waals surface area (Å²) in [5.74, 6) is 0.410. The molecule has 1 aliphatic rings. The smallest absolute Gasteiger partial charge is 0.405 e. The second-order valence-corrected chi connectivity index (χ2v) is 6.85. The summed E-state index contributed by atoms with van der Waals surface area (Å²) in [5.41, 5.74) is 4.61. The first kappa shape index (κ1) is 18.3. The highest BCUT2D eigenvalue weighted by atomic mass is 35.5. The lowest BCUT2D eigenvalue weighted by molar-refractivity contribution is -0.117. The molecule has 26 heavy (non-hydrogen) atoms. The fraction of sp³-hybridized carbons (Fsp3) is 0.300. The average molecular weight is 373 g/mol. The molecular formula is C20H21ClN2O3. The summed E-state index contributed by atoms with van der Waals surface area (Å²) in [7, 11) is 0. The third-order valence-electron chi connectivity index (χ3n) is 4.76. The van der Waals surface area contributed by atoms with Gasteiger partial charge >= 0.3 is 6.09 Å². The molecule has 0 fully saturated rings. The minimum atomic E-state index is -1.07. The van der Waals surface area contributed by atoms with E-state index in [1.807, 2.05) is 49.4 Å². The van der Waals surface area contributed by atoms with Gasteiger partial charge in [-0.25, -0.2) is 4.79 Å². The van der Waals surface area contributed by atoms with E-state index in [9.17, 15) is 14.7 Å². The average Bonchev–Trinajstić information content (AvgIpc) is 2.60. The molecule has 0 saturated heterocycles. The molecule has 2 atom stereocenters. The van der Waals surface area contributed by atoms with E-state index in [2.05, 4.69) is 5.32 Å². The van der Waals surface area contributed by atoms with Gasteiger partial charge in [-0.15, -0.1) is 11.6 Å². The van der Waals surface area contributed by atoms with Crippen molar-refractivity contribution >= 4 is 29.3 Å². The highest BCUT2D eigenvalue weighted by molar-refractivity contribution is 6.17. The number of carbonyl (C=O) groups excluding carboxylic acids is 1. The molecule has 0 saturated carbocycles. The van der Waals surface area contributed by atoms with Crippen LogP contribution in [0.15, 0.2) is 42.5 Å². The molecule has 0 bridgehead atoms. The number of benzene rings is 2. The van der Waals surface area contributed by atoms with Crippen molar-refractivity contribution in [3.8, 4) is 11.1 Å². The van der Waals surface area contributed by atoms with Crippen LogP contribution >= 0.6 is 11.6 Å². The number of carboxylic acid groups (broad SMARTS) is 1. The minimum absolute atomic E-state index is 0.0493. The van der Waals surface area contributed by atoms with Gasteiger partial charge in [-0.1, -0.05) is 30.3 Å². The predicted octanol–water partition coefficient (Wildman–Crippen LogP) is 4.55. The largest absolute Gasteiger partial charge is 0.465 e. The summed E-state index contributed by atoms with van der Waals surface area (Å²) in [4.78, 5) is 25.1. The number of hydrogen-bond acceptors (Lipinski definition) is 2. The van der Waals surface area contributed by atoms with Crippen molar-refractivity contribution < 1.29 is 14.7 Å². The number of alkyl halides is 1. The van der Waals surface area contributed by atoms with Gasteiger partial charge in [0.2, 0.25) is 5.91 Å². The Kier molecular flexibility index (Phi) is 5.18. The Morgan fingerprint density at radius 2 is 1.85 bits per heavy atom. The van der Waals surface area contributed by atoms with E-state index < -0.39 is 6.09 Å². The Morgan fingerprint density at radius 3 is 2.42 bits per heavy atom. The van der Waals surface area contributed by atoms with Crippen LogP contribution in [0.2, 0.25) is 0 Å². The molecule has 2 unspecified atom stereocenters. The van der Waals surface area contributed by atoms with E-state index >= 15 is 0 Å². The second-order valence-electron chi connectivity index (χ2n) is 6.58. The van der Waals surface area contributed by atoms with Crippen molar-refractivity contribution in [1.82, 2.24) is 5.32 Å². The third-order valence-corrected chi connectivity index (χ3v) is 5.07. The first-order chi connectivity index (χ1) is 12.4. The van der Waals surface area contributed by atoms with Gasteiger partial charge in [0, 0.05) is 24.5 Å². The van der Waals surface area contributed by atoms with Crippen LogP contribution in [0.3, 0.4) is 0 Å². The van der Waals surface area contributed by atoms with E-state index in [1.54, 1.807) is 4.90 Å². The van der Waals surface area contributed by atoms with E-state index in [1.165, 1.54) is 6.92 Å². The first-order valence-corrected chi connectivity index (χ1v) is 9.02.